The van der Waals surface area contributed by atoms with Crippen molar-refractivity contribution in [2.75, 3.05) is 20.0 Å². The second kappa shape index (κ2) is 4.13. The normalized spacial score (nSPS) is 32.2. The van der Waals surface area contributed by atoms with Crippen LogP contribution in [0, 0.1) is 0 Å². The summed E-state index contributed by atoms with van der Waals surface area (Å²) < 4.78 is 71.9. The second-order valence-corrected chi connectivity index (χ2v) is 13.7. The Morgan fingerprint density at radius 3 is 1.62 bits per heavy atom. The van der Waals surface area contributed by atoms with E-state index in [0.29, 0.717) is 0 Å². The molecule has 0 saturated heterocycles. The van der Waals surface area contributed by atoms with Crippen molar-refractivity contribution in [3.8, 4) is 0 Å². The Labute approximate surface area is 90.8 Å². The summed E-state index contributed by atoms with van der Waals surface area (Å²) in [5.41, 5.74) is 0. The van der Waals surface area contributed by atoms with Gasteiger partial charge in [0, 0.05) is 0 Å². The highest BCUT2D eigenvalue weighted by atomic mass is 31.3. The van der Waals surface area contributed by atoms with Gasteiger partial charge in [0.05, 0.1) is 27.4 Å². The van der Waals surface area contributed by atoms with Crippen LogP contribution in [0.15, 0.2) is 13.5 Å². The Kier molecular flexibility index (Phi) is 3.82. The average Bonchev–Trinajstić information content (AvgIpc) is 1.66. The van der Waals surface area contributed by atoms with E-state index >= 15 is 0 Å². The summed E-state index contributed by atoms with van der Waals surface area (Å²) in [6.07, 6.45) is 0. The summed E-state index contributed by atoms with van der Waals surface area (Å²) in [7, 11) is -17.9. The van der Waals surface area contributed by atoms with Crippen LogP contribution in [-0.2, 0) is 0 Å². The van der Waals surface area contributed by atoms with Gasteiger partial charge in [-0.2, -0.15) is 4.20 Å². The van der Waals surface area contributed by atoms with Crippen LogP contribution < -0.4 is 4.86 Å². The molecule has 16 heavy (non-hydrogen) atoms. The molecule has 1 aliphatic rings. The zero-order valence-corrected chi connectivity index (χ0v) is 12.1. The minimum atomic E-state index is -5.58. The molecule has 0 spiro atoms. The lowest BCUT2D eigenvalue weighted by Gasteiger charge is -2.20. The third kappa shape index (κ3) is 4.54. The highest BCUT2D eigenvalue weighted by molar-refractivity contribution is 7.86. The molecule has 1 aliphatic heterocycles. The molecule has 1 unspecified atom stereocenters. The van der Waals surface area contributed by atoms with Gasteiger partial charge in [-0.15, -0.1) is 35.2 Å². The fraction of sp³-hybridized carbons (Fsp3) is 1.00. The fourth-order valence-corrected chi connectivity index (χ4v) is 9.70. The molecule has 1 atom stereocenters. The molecule has 96 valence electrons. The van der Waals surface area contributed by atoms with Crippen LogP contribution >= 0.6 is 30.7 Å². The summed E-state index contributed by atoms with van der Waals surface area (Å²) in [6, 6.07) is 0. The molecule has 0 saturated carbocycles. The van der Waals surface area contributed by atoms with Gasteiger partial charge >= 0.3 is 23.3 Å². The number of rotatable bonds is 2. The van der Waals surface area contributed by atoms with E-state index in [4.69, 9.17) is 0 Å². The molecule has 4 nitrogen and oxygen atoms in total. The van der Waals surface area contributed by atoms with Crippen molar-refractivity contribution in [1.29, 1.82) is 0 Å². The van der Waals surface area contributed by atoms with Crippen molar-refractivity contribution < 1.29 is 21.0 Å². The average molecular weight is 321 g/mol. The van der Waals surface area contributed by atoms with E-state index in [9.17, 15) is 21.0 Å². The smallest absolute Gasteiger partial charge is 0.162 e. The van der Waals surface area contributed by atoms with Gasteiger partial charge in [0.25, 0.3) is 0 Å². The van der Waals surface area contributed by atoms with Gasteiger partial charge in [-0.1, -0.05) is 0 Å². The van der Waals surface area contributed by atoms with Crippen LogP contribution in [0.1, 0.15) is 0 Å². The minimum Gasteiger partial charge on any atom is -0.162 e. The molecule has 0 aromatic carbocycles. The zero-order chi connectivity index (χ0) is 12.8. The van der Waals surface area contributed by atoms with Gasteiger partial charge in [-0.25, -0.2) is 0 Å². The topological polar surface area (TPSA) is 49.1 Å². The summed E-state index contributed by atoms with van der Waals surface area (Å²) in [6.45, 7) is 4.66. The Morgan fingerprint density at radius 1 is 0.812 bits per heavy atom. The zero-order valence-electron chi connectivity index (χ0n) is 8.52. The number of halogens is 5. The lowest BCUT2D eigenvalue weighted by atomic mass is 11.9. The van der Waals surface area contributed by atoms with Crippen molar-refractivity contribution in [2.24, 2.45) is 13.5 Å². The van der Waals surface area contributed by atoms with Gasteiger partial charge in [0.15, 0.2) is 0 Å². The SMILES string of the molecule is C[P+](C)(C)NP1(F)=NP(F)(F)=NP(F)(F)=N1. The van der Waals surface area contributed by atoms with Crippen molar-refractivity contribution in [3.63, 3.8) is 0 Å². The Balaban J connectivity index is 3.32. The first-order valence-electron chi connectivity index (χ1n) is 3.83. The minimum absolute atomic E-state index is 1.55. The van der Waals surface area contributed by atoms with E-state index in [1.807, 2.05) is 4.52 Å². The van der Waals surface area contributed by atoms with E-state index in [2.05, 4.69) is 13.9 Å². The molecule has 0 bridgehead atoms. The van der Waals surface area contributed by atoms with Crippen LogP contribution in [-0.4, -0.2) is 20.0 Å². The Morgan fingerprint density at radius 2 is 1.25 bits per heavy atom. The number of nitrogens with zero attached hydrogens (tertiary/aromatic N) is 3. The summed E-state index contributed by atoms with van der Waals surface area (Å²) >= 11 is 0. The standard InChI is InChI=1S/C3H10F5N4P4/c1-13(2,3)9-16(8)11-14(4,5)10-15(6,7)12-16/h9H,1-3H3/q+1. The summed E-state index contributed by atoms with van der Waals surface area (Å²) in [4.78, 5) is 2.10. The molecule has 0 fully saturated rings. The van der Waals surface area contributed by atoms with Gasteiger partial charge in [-0.05, 0) is 0 Å². The second-order valence-electron chi connectivity index (χ2n) is 3.82. The van der Waals surface area contributed by atoms with Crippen LogP contribution in [0.25, 0.3) is 0 Å². The molecule has 0 radical (unpaired) electrons. The van der Waals surface area contributed by atoms with Crippen molar-refractivity contribution in [1.82, 2.24) is 4.86 Å². The molecule has 1 heterocycles. The largest absolute Gasteiger partial charge is 0.424 e. The van der Waals surface area contributed by atoms with Gasteiger partial charge in [-0.3, -0.25) is 0 Å². The van der Waals surface area contributed by atoms with Crippen LogP contribution in [0.4, 0.5) is 21.0 Å². The predicted molar refractivity (Wildman–Crippen MR) is 61.4 cm³/mol. The van der Waals surface area contributed by atoms with Crippen LogP contribution in [0.2, 0.25) is 0 Å². The first kappa shape index (κ1) is 14.8. The van der Waals surface area contributed by atoms with E-state index in [1.54, 1.807) is 20.0 Å². The molecule has 1 N–H and O–H groups in total. The third-order valence-corrected chi connectivity index (χ3v) is 9.85. The van der Waals surface area contributed by atoms with E-state index in [0.717, 1.165) is 0 Å². The Bertz CT molecular complexity index is 445. The van der Waals surface area contributed by atoms with Gasteiger partial charge < -0.3 is 0 Å². The monoisotopic (exact) mass is 321 g/mol. The first-order valence-corrected chi connectivity index (χ1v) is 11.5. The number of hydrogen-bond acceptors (Lipinski definition) is 4. The fourth-order valence-electron chi connectivity index (χ4n) is 0.890. The van der Waals surface area contributed by atoms with Crippen molar-refractivity contribution in [3.05, 3.63) is 0 Å². The molecule has 0 amide bonds. The third-order valence-electron chi connectivity index (χ3n) is 1.09. The van der Waals surface area contributed by atoms with Crippen LogP contribution in [0.5, 0.6) is 0 Å². The molecule has 0 aromatic rings. The summed E-state index contributed by atoms with van der Waals surface area (Å²) in [5.74, 6) is 0. The number of hydrogen-bond donors (Lipinski definition) is 1. The molecule has 0 aliphatic carbocycles. The molecular formula is C3H10F5N4P4+. The molecule has 0 aromatic heterocycles. The Hall–Kier alpha value is 0.730. The summed E-state index contributed by atoms with van der Waals surface area (Å²) in [5, 5.41) is 0. The predicted octanol–water partition coefficient (Wildman–Crippen LogP) is 6.10. The maximum atomic E-state index is 13.8. The molecule has 1 rings (SSSR count). The highest BCUT2D eigenvalue weighted by Gasteiger charge is 2.42. The van der Waals surface area contributed by atoms with Crippen molar-refractivity contribution >= 4 is 30.7 Å². The maximum Gasteiger partial charge on any atom is 0.424 e. The number of nitrogens with one attached hydrogen (secondary N) is 1. The maximum absolute atomic E-state index is 13.8. The quantitative estimate of drug-likeness (QED) is 0.485. The van der Waals surface area contributed by atoms with E-state index in [1.165, 1.54) is 0 Å². The van der Waals surface area contributed by atoms with Crippen molar-refractivity contribution in [2.45, 2.75) is 0 Å². The lowest BCUT2D eigenvalue weighted by molar-refractivity contribution is 0.696. The molecule has 13 heteroatoms. The highest BCUT2D eigenvalue weighted by Crippen LogP contribution is 2.82. The molecular weight excluding hydrogens is 311 g/mol. The van der Waals surface area contributed by atoms with Gasteiger partial charge in [0.2, 0.25) is 0 Å². The van der Waals surface area contributed by atoms with E-state index < -0.39 is 30.7 Å². The van der Waals surface area contributed by atoms with Gasteiger partial charge in [0.1, 0.15) is 0 Å². The van der Waals surface area contributed by atoms with E-state index in [-0.39, 0.29) is 0 Å². The first-order chi connectivity index (χ1) is 6.83. The lowest BCUT2D eigenvalue weighted by Crippen LogP contribution is -2.06. The van der Waals surface area contributed by atoms with Crippen LogP contribution in [0.3, 0.4) is 0 Å².